The van der Waals surface area contributed by atoms with E-state index in [0.717, 1.165) is 22.3 Å². The van der Waals surface area contributed by atoms with E-state index in [1.54, 1.807) is 18.0 Å². The quantitative estimate of drug-likeness (QED) is 0.657. The number of rotatable bonds is 4. The minimum absolute atomic E-state index is 0.0539. The fourth-order valence-electron chi connectivity index (χ4n) is 2.44. The molecule has 1 heterocycles. The molecule has 1 aromatic heterocycles. The van der Waals surface area contributed by atoms with Crippen LogP contribution in [-0.4, -0.2) is 17.9 Å². The Labute approximate surface area is 135 Å². The second kappa shape index (κ2) is 6.53. The largest absolute Gasteiger partial charge is 0.459 e. The minimum Gasteiger partial charge on any atom is -0.459 e. The van der Waals surface area contributed by atoms with E-state index in [2.05, 4.69) is 0 Å². The van der Waals surface area contributed by atoms with Crippen LogP contribution in [0.5, 0.6) is 0 Å². The summed E-state index contributed by atoms with van der Waals surface area (Å²) in [6, 6.07) is 19.5. The number of amides is 1. The zero-order valence-electron chi connectivity index (χ0n) is 13.3. The predicted molar refractivity (Wildman–Crippen MR) is 92.9 cm³/mol. The zero-order chi connectivity index (χ0) is 16.2. The van der Waals surface area contributed by atoms with E-state index in [1.165, 1.54) is 0 Å². The SMILES string of the molecule is CC(c1cc2ccccc2o1)N(C)C(=O)/C=C/c1ccccc1. The van der Waals surface area contributed by atoms with Crippen LogP contribution in [0.2, 0.25) is 0 Å². The lowest BCUT2D eigenvalue weighted by Crippen LogP contribution is -2.27. The molecule has 3 heteroatoms. The van der Waals surface area contributed by atoms with Crippen LogP contribution in [0.15, 0.2) is 71.2 Å². The summed E-state index contributed by atoms with van der Waals surface area (Å²) >= 11 is 0. The van der Waals surface area contributed by atoms with Crippen LogP contribution < -0.4 is 0 Å². The van der Waals surface area contributed by atoms with Gasteiger partial charge in [0.15, 0.2) is 0 Å². The maximum absolute atomic E-state index is 12.3. The van der Waals surface area contributed by atoms with Crippen molar-refractivity contribution in [1.29, 1.82) is 0 Å². The van der Waals surface area contributed by atoms with Crippen molar-refractivity contribution in [2.75, 3.05) is 7.05 Å². The summed E-state index contributed by atoms with van der Waals surface area (Å²) in [5, 5.41) is 1.05. The van der Waals surface area contributed by atoms with E-state index < -0.39 is 0 Å². The highest BCUT2D eigenvalue weighted by Gasteiger charge is 2.19. The Kier molecular flexibility index (Phi) is 4.29. The fraction of sp³-hybridized carbons (Fsp3) is 0.150. The smallest absolute Gasteiger partial charge is 0.246 e. The summed E-state index contributed by atoms with van der Waals surface area (Å²) in [6.07, 6.45) is 3.42. The zero-order valence-corrected chi connectivity index (χ0v) is 13.3. The number of hydrogen-bond acceptors (Lipinski definition) is 2. The Morgan fingerprint density at radius 3 is 2.52 bits per heavy atom. The molecule has 1 unspecified atom stereocenters. The molecule has 3 aromatic rings. The summed E-state index contributed by atoms with van der Waals surface area (Å²) in [7, 11) is 1.79. The molecule has 0 aliphatic heterocycles. The van der Waals surface area contributed by atoms with E-state index in [-0.39, 0.29) is 11.9 Å². The molecule has 1 amide bonds. The monoisotopic (exact) mass is 305 g/mol. The summed E-state index contributed by atoms with van der Waals surface area (Å²) in [4.78, 5) is 14.0. The number of fused-ring (bicyclic) bond motifs is 1. The highest BCUT2D eigenvalue weighted by molar-refractivity contribution is 5.92. The molecule has 0 N–H and O–H groups in total. The second-order valence-electron chi connectivity index (χ2n) is 5.56. The van der Waals surface area contributed by atoms with Crippen LogP contribution in [-0.2, 0) is 4.79 Å². The van der Waals surface area contributed by atoms with Gasteiger partial charge in [-0.2, -0.15) is 0 Å². The lowest BCUT2D eigenvalue weighted by atomic mass is 10.2. The number of nitrogens with zero attached hydrogens (tertiary/aromatic N) is 1. The lowest BCUT2D eigenvalue weighted by Gasteiger charge is -2.21. The number of furan rings is 1. The third kappa shape index (κ3) is 3.34. The van der Waals surface area contributed by atoms with Gasteiger partial charge in [0.2, 0.25) is 5.91 Å². The molecule has 0 saturated carbocycles. The lowest BCUT2D eigenvalue weighted by molar-refractivity contribution is -0.126. The molecule has 0 bridgehead atoms. The predicted octanol–water partition coefficient (Wildman–Crippen LogP) is 4.67. The van der Waals surface area contributed by atoms with Gasteiger partial charge < -0.3 is 9.32 Å². The highest BCUT2D eigenvalue weighted by Crippen LogP contribution is 2.26. The van der Waals surface area contributed by atoms with Crippen LogP contribution in [0.25, 0.3) is 17.0 Å². The number of para-hydroxylation sites is 1. The summed E-state index contributed by atoms with van der Waals surface area (Å²) in [5.74, 6) is 0.733. The highest BCUT2D eigenvalue weighted by atomic mass is 16.3. The standard InChI is InChI=1S/C20H19NO2/c1-15(19-14-17-10-6-7-11-18(17)23-19)21(2)20(22)13-12-16-8-4-3-5-9-16/h3-15H,1-2H3/b13-12+. The number of carbonyl (C=O) groups is 1. The Hall–Kier alpha value is -2.81. The summed E-state index contributed by atoms with van der Waals surface area (Å²) in [6.45, 7) is 1.96. The van der Waals surface area contributed by atoms with Crippen molar-refractivity contribution in [2.24, 2.45) is 0 Å². The maximum atomic E-state index is 12.3. The third-order valence-corrected chi connectivity index (χ3v) is 4.00. The Balaban J connectivity index is 1.74. The molecule has 116 valence electrons. The molecule has 3 nitrogen and oxygen atoms in total. The van der Waals surface area contributed by atoms with E-state index in [0.29, 0.717) is 0 Å². The van der Waals surface area contributed by atoms with Crippen LogP contribution >= 0.6 is 0 Å². The fourth-order valence-corrected chi connectivity index (χ4v) is 2.44. The van der Waals surface area contributed by atoms with Crippen molar-refractivity contribution < 1.29 is 9.21 Å². The Bertz CT molecular complexity index is 800. The minimum atomic E-state index is -0.129. The molecular weight excluding hydrogens is 286 g/mol. The average Bonchev–Trinajstić information content (AvgIpc) is 3.03. The van der Waals surface area contributed by atoms with Gasteiger partial charge in [-0.1, -0.05) is 48.5 Å². The number of benzene rings is 2. The molecule has 3 rings (SSSR count). The second-order valence-corrected chi connectivity index (χ2v) is 5.56. The topological polar surface area (TPSA) is 33.5 Å². The molecule has 23 heavy (non-hydrogen) atoms. The first kappa shape index (κ1) is 15.1. The number of hydrogen-bond donors (Lipinski definition) is 0. The van der Waals surface area contributed by atoms with Gasteiger partial charge in [0.1, 0.15) is 11.3 Å². The van der Waals surface area contributed by atoms with Crippen molar-refractivity contribution in [3.8, 4) is 0 Å². The molecule has 0 spiro atoms. The first-order chi connectivity index (χ1) is 11.1. The molecule has 2 aromatic carbocycles. The van der Waals surface area contributed by atoms with Crippen LogP contribution in [0.3, 0.4) is 0 Å². The third-order valence-electron chi connectivity index (χ3n) is 4.00. The van der Waals surface area contributed by atoms with Crippen LogP contribution in [0.4, 0.5) is 0 Å². The molecule has 0 aliphatic rings. The first-order valence-electron chi connectivity index (χ1n) is 7.63. The van der Waals surface area contributed by atoms with Gasteiger partial charge in [0.25, 0.3) is 0 Å². The van der Waals surface area contributed by atoms with Gasteiger partial charge in [-0.15, -0.1) is 0 Å². The van der Waals surface area contributed by atoms with Crippen molar-refractivity contribution >= 4 is 23.0 Å². The molecule has 0 aliphatic carbocycles. The first-order valence-corrected chi connectivity index (χ1v) is 7.63. The van der Waals surface area contributed by atoms with Gasteiger partial charge in [0, 0.05) is 18.5 Å². The molecule has 0 radical (unpaired) electrons. The number of likely N-dealkylation sites (N-methyl/N-ethyl adjacent to an activating group) is 1. The van der Waals surface area contributed by atoms with Crippen molar-refractivity contribution in [2.45, 2.75) is 13.0 Å². The van der Waals surface area contributed by atoms with Gasteiger partial charge >= 0.3 is 0 Å². The van der Waals surface area contributed by atoms with E-state index >= 15 is 0 Å². The van der Waals surface area contributed by atoms with Gasteiger partial charge in [-0.05, 0) is 30.7 Å². The molecule has 0 fully saturated rings. The summed E-state index contributed by atoms with van der Waals surface area (Å²) in [5.41, 5.74) is 1.85. The Morgan fingerprint density at radius 1 is 1.09 bits per heavy atom. The van der Waals surface area contributed by atoms with E-state index in [1.807, 2.05) is 73.7 Å². The van der Waals surface area contributed by atoms with Crippen molar-refractivity contribution in [3.63, 3.8) is 0 Å². The molecular formula is C20H19NO2. The van der Waals surface area contributed by atoms with E-state index in [4.69, 9.17) is 4.42 Å². The number of carbonyl (C=O) groups excluding carboxylic acids is 1. The van der Waals surface area contributed by atoms with Gasteiger partial charge in [-0.25, -0.2) is 0 Å². The molecule has 0 saturated heterocycles. The van der Waals surface area contributed by atoms with Crippen molar-refractivity contribution in [3.05, 3.63) is 78.1 Å². The van der Waals surface area contributed by atoms with Gasteiger partial charge in [0.05, 0.1) is 6.04 Å². The molecule has 1 atom stereocenters. The summed E-state index contributed by atoms with van der Waals surface area (Å²) < 4.78 is 5.85. The average molecular weight is 305 g/mol. The Morgan fingerprint density at radius 2 is 1.78 bits per heavy atom. The normalized spacial score (nSPS) is 12.6. The van der Waals surface area contributed by atoms with Crippen LogP contribution in [0.1, 0.15) is 24.3 Å². The van der Waals surface area contributed by atoms with Crippen molar-refractivity contribution in [1.82, 2.24) is 4.90 Å². The maximum Gasteiger partial charge on any atom is 0.246 e. The van der Waals surface area contributed by atoms with Crippen LogP contribution in [0, 0.1) is 0 Å². The van der Waals surface area contributed by atoms with Gasteiger partial charge in [-0.3, -0.25) is 4.79 Å². The van der Waals surface area contributed by atoms with E-state index in [9.17, 15) is 4.79 Å².